The summed E-state index contributed by atoms with van der Waals surface area (Å²) in [6.45, 7) is 1.90. The third-order valence-corrected chi connectivity index (χ3v) is 6.24. The fraction of sp³-hybridized carbons (Fsp3) is 0.100. The van der Waals surface area contributed by atoms with Gasteiger partial charge in [-0.2, -0.15) is 0 Å². The van der Waals surface area contributed by atoms with Crippen LogP contribution in [0.5, 0.6) is 0 Å². The Labute approximate surface area is 168 Å². The number of hydrogen-bond donors (Lipinski definition) is 0. The number of nitro groups is 1. The lowest BCUT2D eigenvalue weighted by Gasteiger charge is -2.25. The highest BCUT2D eigenvalue weighted by Gasteiger charge is 2.25. The van der Waals surface area contributed by atoms with Gasteiger partial charge >= 0.3 is 0 Å². The lowest BCUT2D eigenvalue weighted by Crippen LogP contribution is -2.30. The van der Waals surface area contributed by atoms with Gasteiger partial charge in [-0.3, -0.25) is 14.4 Å². The van der Waals surface area contributed by atoms with Gasteiger partial charge in [0.05, 0.1) is 22.1 Å². The molecule has 0 spiro atoms. The molecule has 144 valence electrons. The predicted octanol–water partition coefficient (Wildman–Crippen LogP) is 4.95. The average Bonchev–Trinajstić information content (AvgIpc) is 2.67. The average molecular weight is 417 g/mol. The number of aryl methyl sites for hydroxylation is 1. The fourth-order valence-corrected chi connectivity index (χ4v) is 4.23. The van der Waals surface area contributed by atoms with Crippen molar-refractivity contribution >= 4 is 33.0 Å². The zero-order valence-corrected chi connectivity index (χ0v) is 16.5. The minimum atomic E-state index is -3.85. The van der Waals surface area contributed by atoms with Crippen molar-refractivity contribution < 1.29 is 13.3 Å². The molecule has 3 aromatic rings. The van der Waals surface area contributed by atoms with Gasteiger partial charge in [-0.05, 0) is 48.9 Å². The van der Waals surface area contributed by atoms with Crippen LogP contribution in [0.25, 0.3) is 0 Å². The van der Waals surface area contributed by atoms with E-state index in [1.165, 1.54) is 16.4 Å². The van der Waals surface area contributed by atoms with Crippen molar-refractivity contribution in [2.75, 3.05) is 4.31 Å². The lowest BCUT2D eigenvalue weighted by molar-refractivity contribution is -0.384. The molecule has 0 aromatic heterocycles. The van der Waals surface area contributed by atoms with Crippen LogP contribution in [0.4, 0.5) is 11.4 Å². The van der Waals surface area contributed by atoms with Crippen LogP contribution in [0.3, 0.4) is 0 Å². The van der Waals surface area contributed by atoms with Crippen LogP contribution >= 0.6 is 11.6 Å². The summed E-state index contributed by atoms with van der Waals surface area (Å²) in [5.74, 6) is 0. The van der Waals surface area contributed by atoms with Crippen LogP contribution in [0.2, 0.25) is 5.02 Å². The second-order valence-corrected chi connectivity index (χ2v) is 8.52. The molecule has 0 aliphatic heterocycles. The van der Waals surface area contributed by atoms with Gasteiger partial charge in [0.15, 0.2) is 0 Å². The van der Waals surface area contributed by atoms with E-state index >= 15 is 0 Å². The monoisotopic (exact) mass is 416 g/mol. The van der Waals surface area contributed by atoms with Crippen LogP contribution in [0, 0.1) is 17.0 Å². The lowest BCUT2D eigenvalue weighted by atomic mass is 10.2. The van der Waals surface area contributed by atoms with Crippen LogP contribution in [0.15, 0.2) is 77.7 Å². The first-order valence-corrected chi connectivity index (χ1v) is 10.2. The summed E-state index contributed by atoms with van der Waals surface area (Å²) in [4.78, 5) is 10.5. The molecule has 0 bridgehead atoms. The highest BCUT2D eigenvalue weighted by atomic mass is 35.5. The van der Waals surface area contributed by atoms with E-state index in [1.54, 1.807) is 60.7 Å². The second-order valence-electron chi connectivity index (χ2n) is 6.22. The number of halogens is 1. The van der Waals surface area contributed by atoms with E-state index < -0.39 is 14.9 Å². The Bertz CT molecular complexity index is 1080. The first-order chi connectivity index (χ1) is 13.3. The Morgan fingerprint density at radius 2 is 1.50 bits per heavy atom. The predicted molar refractivity (Wildman–Crippen MR) is 109 cm³/mol. The molecule has 0 fully saturated rings. The van der Waals surface area contributed by atoms with E-state index in [4.69, 9.17) is 11.6 Å². The molecule has 0 N–H and O–H groups in total. The van der Waals surface area contributed by atoms with Gasteiger partial charge in [-0.15, -0.1) is 0 Å². The summed E-state index contributed by atoms with van der Waals surface area (Å²) < 4.78 is 27.8. The standard InChI is InChI=1S/C20H17ClN2O4S/c1-15-2-12-20(13-3-15)28(26,27)22(18-10-6-17(21)7-11-18)14-16-4-8-19(9-5-16)23(24)25/h2-13H,14H2,1H3. The van der Waals surface area contributed by atoms with Gasteiger partial charge < -0.3 is 0 Å². The first kappa shape index (κ1) is 19.9. The minimum Gasteiger partial charge on any atom is -0.262 e. The molecule has 0 unspecified atom stereocenters. The Morgan fingerprint density at radius 1 is 0.929 bits per heavy atom. The summed E-state index contributed by atoms with van der Waals surface area (Å²) in [5, 5.41) is 11.3. The van der Waals surface area contributed by atoms with Gasteiger partial charge in [0.2, 0.25) is 0 Å². The van der Waals surface area contributed by atoms with Crippen molar-refractivity contribution in [3.8, 4) is 0 Å². The molecule has 0 atom stereocenters. The quantitative estimate of drug-likeness (QED) is 0.420. The van der Waals surface area contributed by atoms with E-state index in [0.29, 0.717) is 16.3 Å². The number of sulfonamides is 1. The largest absolute Gasteiger partial charge is 0.269 e. The SMILES string of the molecule is Cc1ccc(S(=O)(=O)N(Cc2ccc([N+](=O)[O-])cc2)c2ccc(Cl)cc2)cc1. The van der Waals surface area contributed by atoms with Crippen LogP contribution in [-0.4, -0.2) is 13.3 Å². The van der Waals surface area contributed by atoms with Gasteiger partial charge in [0.25, 0.3) is 15.7 Å². The fourth-order valence-electron chi connectivity index (χ4n) is 2.65. The molecular weight excluding hydrogens is 400 g/mol. The van der Waals surface area contributed by atoms with E-state index in [2.05, 4.69) is 0 Å². The van der Waals surface area contributed by atoms with Crippen molar-refractivity contribution in [1.29, 1.82) is 0 Å². The van der Waals surface area contributed by atoms with Gasteiger partial charge in [-0.25, -0.2) is 8.42 Å². The van der Waals surface area contributed by atoms with E-state index in [0.717, 1.165) is 5.56 Å². The van der Waals surface area contributed by atoms with Crippen LogP contribution in [0.1, 0.15) is 11.1 Å². The molecule has 0 amide bonds. The third-order valence-electron chi connectivity index (χ3n) is 4.20. The van der Waals surface area contributed by atoms with Crippen molar-refractivity contribution in [2.24, 2.45) is 0 Å². The van der Waals surface area contributed by atoms with Crippen molar-refractivity contribution in [1.82, 2.24) is 0 Å². The van der Waals surface area contributed by atoms with Crippen LogP contribution < -0.4 is 4.31 Å². The van der Waals surface area contributed by atoms with E-state index in [-0.39, 0.29) is 17.1 Å². The topological polar surface area (TPSA) is 80.5 Å². The maximum Gasteiger partial charge on any atom is 0.269 e. The number of rotatable bonds is 6. The molecule has 0 radical (unpaired) electrons. The summed E-state index contributed by atoms with van der Waals surface area (Å²) in [5.41, 5.74) is 1.97. The zero-order valence-electron chi connectivity index (χ0n) is 14.9. The van der Waals surface area contributed by atoms with Gasteiger partial charge in [0.1, 0.15) is 0 Å². The molecule has 6 nitrogen and oxygen atoms in total. The van der Waals surface area contributed by atoms with Crippen molar-refractivity contribution in [2.45, 2.75) is 18.4 Å². The molecule has 28 heavy (non-hydrogen) atoms. The van der Waals surface area contributed by atoms with E-state index in [9.17, 15) is 18.5 Å². The Kier molecular flexibility index (Phi) is 5.67. The maximum absolute atomic E-state index is 13.3. The first-order valence-electron chi connectivity index (χ1n) is 8.36. The van der Waals surface area contributed by atoms with Crippen molar-refractivity contribution in [3.63, 3.8) is 0 Å². The number of hydrogen-bond acceptors (Lipinski definition) is 4. The molecular formula is C20H17ClN2O4S. The highest BCUT2D eigenvalue weighted by molar-refractivity contribution is 7.92. The summed E-state index contributed by atoms with van der Waals surface area (Å²) in [6.07, 6.45) is 0. The Balaban J connectivity index is 2.03. The smallest absolute Gasteiger partial charge is 0.262 e. The van der Waals surface area contributed by atoms with E-state index in [1.807, 2.05) is 6.92 Å². The Hall–Kier alpha value is -2.90. The summed E-state index contributed by atoms with van der Waals surface area (Å²) >= 11 is 5.94. The molecule has 8 heteroatoms. The molecule has 0 aliphatic carbocycles. The molecule has 3 aromatic carbocycles. The maximum atomic E-state index is 13.3. The number of benzene rings is 3. The highest BCUT2D eigenvalue weighted by Crippen LogP contribution is 2.28. The minimum absolute atomic E-state index is 0.0236. The van der Waals surface area contributed by atoms with Gasteiger partial charge in [0, 0.05) is 17.2 Å². The van der Waals surface area contributed by atoms with Gasteiger partial charge in [-0.1, -0.05) is 41.4 Å². The molecule has 0 heterocycles. The normalized spacial score (nSPS) is 11.2. The number of nitrogens with zero attached hydrogens (tertiary/aromatic N) is 2. The summed E-state index contributed by atoms with van der Waals surface area (Å²) in [6, 6.07) is 18.9. The van der Waals surface area contributed by atoms with Crippen LogP contribution in [-0.2, 0) is 16.6 Å². The molecule has 0 saturated heterocycles. The molecule has 0 aliphatic rings. The summed E-state index contributed by atoms with van der Waals surface area (Å²) in [7, 11) is -3.85. The second kappa shape index (κ2) is 8.00. The third kappa shape index (κ3) is 4.32. The molecule has 3 rings (SSSR count). The molecule has 0 saturated carbocycles. The number of nitro benzene ring substituents is 1. The zero-order chi connectivity index (χ0) is 20.3. The number of non-ortho nitro benzene ring substituents is 1. The Morgan fingerprint density at radius 3 is 2.04 bits per heavy atom. The number of anilines is 1. The van der Waals surface area contributed by atoms with Crippen molar-refractivity contribution in [3.05, 3.63) is 99.1 Å².